The second kappa shape index (κ2) is 7.31. The molecule has 0 atom stereocenters. The summed E-state index contributed by atoms with van der Waals surface area (Å²) in [5.74, 6) is 0. The highest BCUT2D eigenvalue weighted by molar-refractivity contribution is 7.09. The van der Waals surface area contributed by atoms with Crippen molar-refractivity contribution in [2.75, 3.05) is 6.54 Å². The molecule has 0 saturated carbocycles. The maximum Gasteiger partial charge on any atom is 0.266 e. The molecule has 1 aliphatic heterocycles. The molecule has 1 aromatic carbocycles. The molecule has 5 nitrogen and oxygen atoms in total. The normalized spacial score (nSPS) is 14.4. The zero-order valence-electron chi connectivity index (χ0n) is 14.5. The van der Waals surface area contributed by atoms with Gasteiger partial charge in [-0.2, -0.15) is 5.10 Å². The van der Waals surface area contributed by atoms with Crippen LogP contribution < -0.4 is 5.56 Å². The molecule has 0 bridgehead atoms. The van der Waals surface area contributed by atoms with Crippen LogP contribution in [-0.2, 0) is 33.0 Å². The molecule has 0 unspecified atom stereocenters. The number of aryl methyl sites for hydroxylation is 1. The first-order valence-corrected chi connectivity index (χ1v) is 9.79. The van der Waals surface area contributed by atoms with E-state index in [1.807, 2.05) is 24.3 Å². The van der Waals surface area contributed by atoms with Gasteiger partial charge >= 0.3 is 0 Å². The molecule has 0 saturated heterocycles. The molecule has 0 N–H and O–H groups in total. The minimum atomic E-state index is -0.0514. The summed E-state index contributed by atoms with van der Waals surface area (Å²) in [7, 11) is 1.70. The van der Waals surface area contributed by atoms with E-state index < -0.39 is 0 Å². The van der Waals surface area contributed by atoms with Crippen LogP contribution in [0.1, 0.15) is 27.5 Å². The van der Waals surface area contributed by atoms with Crippen molar-refractivity contribution in [1.82, 2.24) is 19.7 Å². The zero-order chi connectivity index (χ0) is 18.1. The van der Waals surface area contributed by atoms with Crippen LogP contribution in [0.3, 0.4) is 0 Å². The van der Waals surface area contributed by atoms with Crippen molar-refractivity contribution >= 4 is 22.9 Å². The monoisotopic (exact) mass is 386 g/mol. The van der Waals surface area contributed by atoms with Crippen LogP contribution in [0.2, 0.25) is 5.02 Å². The van der Waals surface area contributed by atoms with E-state index in [1.165, 1.54) is 10.2 Å². The SMILES string of the molecule is Cn1nc2c(cc1=O)CN(Cc1csc(Cc3ccc(Cl)cc3)n1)CC2. The highest BCUT2D eigenvalue weighted by Crippen LogP contribution is 2.20. The van der Waals surface area contributed by atoms with Crippen molar-refractivity contribution < 1.29 is 0 Å². The van der Waals surface area contributed by atoms with Crippen molar-refractivity contribution in [3.8, 4) is 0 Å². The number of hydrogen-bond acceptors (Lipinski definition) is 5. The van der Waals surface area contributed by atoms with Crippen LogP contribution in [0.15, 0.2) is 40.5 Å². The van der Waals surface area contributed by atoms with Gasteiger partial charge in [0.15, 0.2) is 0 Å². The lowest BCUT2D eigenvalue weighted by molar-refractivity contribution is 0.239. The topological polar surface area (TPSA) is 51.0 Å². The second-order valence-corrected chi connectivity index (χ2v) is 7.95. The third-order valence-electron chi connectivity index (χ3n) is 4.57. The second-order valence-electron chi connectivity index (χ2n) is 6.57. The number of fused-ring (bicyclic) bond motifs is 1. The molecule has 0 amide bonds. The zero-order valence-corrected chi connectivity index (χ0v) is 16.1. The van der Waals surface area contributed by atoms with E-state index in [9.17, 15) is 4.79 Å². The molecule has 4 rings (SSSR count). The maximum atomic E-state index is 11.8. The molecule has 26 heavy (non-hydrogen) atoms. The molecule has 7 heteroatoms. The van der Waals surface area contributed by atoms with E-state index in [-0.39, 0.29) is 5.56 Å². The van der Waals surface area contributed by atoms with Crippen LogP contribution in [0.5, 0.6) is 0 Å². The molecular formula is C19H19ClN4OS. The van der Waals surface area contributed by atoms with Gasteiger partial charge in [-0.1, -0.05) is 23.7 Å². The fourth-order valence-corrected chi connectivity index (χ4v) is 4.14. The Hall–Kier alpha value is -2.02. The van der Waals surface area contributed by atoms with E-state index in [0.717, 1.165) is 59.5 Å². The summed E-state index contributed by atoms with van der Waals surface area (Å²) in [6.45, 7) is 2.48. The van der Waals surface area contributed by atoms with E-state index >= 15 is 0 Å². The Balaban J connectivity index is 1.42. The summed E-state index contributed by atoms with van der Waals surface area (Å²) in [6.07, 6.45) is 1.69. The summed E-state index contributed by atoms with van der Waals surface area (Å²) in [5.41, 5.74) is 4.31. The minimum absolute atomic E-state index is 0.0514. The molecule has 0 spiro atoms. The predicted molar refractivity (Wildman–Crippen MR) is 104 cm³/mol. The highest BCUT2D eigenvalue weighted by Gasteiger charge is 2.19. The van der Waals surface area contributed by atoms with Gasteiger partial charge in [-0.05, 0) is 23.3 Å². The smallest absolute Gasteiger partial charge is 0.266 e. The first-order chi connectivity index (χ1) is 12.6. The molecule has 3 heterocycles. The number of aromatic nitrogens is 3. The molecule has 1 aliphatic rings. The van der Waals surface area contributed by atoms with Crippen molar-refractivity contribution in [3.63, 3.8) is 0 Å². The van der Waals surface area contributed by atoms with Crippen molar-refractivity contribution in [2.45, 2.75) is 25.9 Å². The average molecular weight is 387 g/mol. The van der Waals surface area contributed by atoms with Gasteiger partial charge in [0, 0.05) is 56.0 Å². The van der Waals surface area contributed by atoms with Crippen LogP contribution in [0.25, 0.3) is 0 Å². The van der Waals surface area contributed by atoms with E-state index in [0.29, 0.717) is 0 Å². The Morgan fingerprint density at radius 1 is 1.27 bits per heavy atom. The Labute approximate surface area is 160 Å². The summed E-state index contributed by atoms with van der Waals surface area (Å²) in [5, 5.41) is 8.35. The standard InChI is InChI=1S/C19H19ClN4OS/c1-23-19(25)9-14-10-24(7-6-17(14)22-23)11-16-12-26-18(21-16)8-13-2-4-15(20)5-3-13/h2-5,9,12H,6-8,10-11H2,1H3. The predicted octanol–water partition coefficient (Wildman–Crippen LogP) is 3.04. The summed E-state index contributed by atoms with van der Waals surface area (Å²) in [4.78, 5) is 18.9. The minimum Gasteiger partial charge on any atom is -0.293 e. The fraction of sp³-hybridized carbons (Fsp3) is 0.316. The van der Waals surface area contributed by atoms with Gasteiger partial charge in [0.25, 0.3) is 5.56 Å². The molecule has 3 aromatic rings. The van der Waals surface area contributed by atoms with E-state index in [1.54, 1.807) is 24.5 Å². The Morgan fingerprint density at radius 2 is 2.08 bits per heavy atom. The largest absolute Gasteiger partial charge is 0.293 e. The number of benzene rings is 1. The molecule has 0 radical (unpaired) electrons. The van der Waals surface area contributed by atoms with Gasteiger partial charge in [0.2, 0.25) is 0 Å². The molecule has 2 aromatic heterocycles. The van der Waals surface area contributed by atoms with E-state index in [2.05, 4.69) is 15.4 Å². The van der Waals surface area contributed by atoms with E-state index in [4.69, 9.17) is 16.6 Å². The van der Waals surface area contributed by atoms with Gasteiger partial charge in [0.1, 0.15) is 0 Å². The van der Waals surface area contributed by atoms with Crippen molar-refractivity contribution in [2.24, 2.45) is 7.05 Å². The molecular weight excluding hydrogens is 368 g/mol. The first-order valence-electron chi connectivity index (χ1n) is 8.53. The number of halogens is 1. The lowest BCUT2D eigenvalue weighted by Gasteiger charge is -2.27. The van der Waals surface area contributed by atoms with Gasteiger partial charge in [0.05, 0.1) is 16.4 Å². The number of thiazole rings is 1. The third-order valence-corrected chi connectivity index (χ3v) is 5.72. The first kappa shape index (κ1) is 17.4. The van der Waals surface area contributed by atoms with Gasteiger partial charge < -0.3 is 0 Å². The number of nitrogens with zero attached hydrogens (tertiary/aromatic N) is 4. The molecule has 0 aliphatic carbocycles. The van der Waals surface area contributed by atoms with Gasteiger partial charge in [-0.25, -0.2) is 9.67 Å². The fourth-order valence-electron chi connectivity index (χ4n) is 3.20. The summed E-state index contributed by atoms with van der Waals surface area (Å²) >= 11 is 7.63. The molecule has 0 fully saturated rings. The maximum absolute atomic E-state index is 11.8. The van der Waals surface area contributed by atoms with Crippen LogP contribution in [0.4, 0.5) is 0 Å². The lowest BCUT2D eigenvalue weighted by Crippen LogP contribution is -2.34. The summed E-state index contributed by atoms with van der Waals surface area (Å²) in [6, 6.07) is 9.61. The lowest BCUT2D eigenvalue weighted by atomic mass is 10.1. The molecule has 134 valence electrons. The Bertz CT molecular complexity index is 980. The Morgan fingerprint density at radius 3 is 2.88 bits per heavy atom. The van der Waals surface area contributed by atoms with Crippen LogP contribution in [0, 0.1) is 0 Å². The average Bonchev–Trinajstić information content (AvgIpc) is 3.05. The third kappa shape index (κ3) is 3.87. The number of rotatable bonds is 4. The van der Waals surface area contributed by atoms with Crippen molar-refractivity contribution in [1.29, 1.82) is 0 Å². The quantitative estimate of drug-likeness (QED) is 0.691. The highest BCUT2D eigenvalue weighted by atomic mass is 35.5. The van der Waals surface area contributed by atoms with Gasteiger partial charge in [-0.3, -0.25) is 9.69 Å². The van der Waals surface area contributed by atoms with Crippen molar-refractivity contribution in [3.05, 3.63) is 78.6 Å². The number of hydrogen-bond donors (Lipinski definition) is 0. The van der Waals surface area contributed by atoms with Gasteiger partial charge in [-0.15, -0.1) is 11.3 Å². The Kier molecular flexibility index (Phi) is 4.89. The summed E-state index contributed by atoms with van der Waals surface area (Å²) < 4.78 is 1.41. The van der Waals surface area contributed by atoms with Crippen LogP contribution >= 0.6 is 22.9 Å². The van der Waals surface area contributed by atoms with Crippen LogP contribution in [-0.4, -0.2) is 26.2 Å².